The van der Waals surface area contributed by atoms with Gasteiger partial charge in [-0.2, -0.15) is 4.31 Å². The molecule has 156 valence electrons. The monoisotopic (exact) mass is 514 g/mol. The molecule has 1 saturated heterocycles. The Morgan fingerprint density at radius 2 is 1.66 bits per heavy atom. The van der Waals surface area contributed by atoms with Crippen molar-refractivity contribution in [1.82, 2.24) is 4.31 Å². The zero-order valence-corrected chi connectivity index (χ0v) is 19.4. The predicted molar refractivity (Wildman–Crippen MR) is 118 cm³/mol. The SMILES string of the molecule is O=C(Nc1cc(Cl)c(Cl)cc1Cl)[C@H]1CCCN(S(=O)(=O)c2cc(Cl)ccc2Cl)C1. The number of rotatable bonds is 4. The standard InChI is InChI=1S/C18H15Cl5N2O3S/c19-11-3-4-12(20)17(6-11)29(27,28)25-5-1-2-10(9-25)18(26)24-16-8-14(22)13(21)7-15(16)23/h3-4,6-8,10H,1-2,5,9H2,(H,24,26)/t10-/m0/s1. The number of carbonyl (C=O) groups is 1. The number of hydrogen-bond acceptors (Lipinski definition) is 3. The number of amides is 1. The minimum atomic E-state index is -3.90. The zero-order valence-electron chi connectivity index (χ0n) is 14.8. The van der Waals surface area contributed by atoms with Gasteiger partial charge < -0.3 is 5.32 Å². The van der Waals surface area contributed by atoms with Crippen molar-refractivity contribution in [2.75, 3.05) is 18.4 Å². The first-order valence-electron chi connectivity index (χ1n) is 8.50. The second-order valence-corrected chi connectivity index (χ2v) is 10.5. The molecule has 0 saturated carbocycles. The Morgan fingerprint density at radius 1 is 0.966 bits per heavy atom. The van der Waals surface area contributed by atoms with Crippen LogP contribution in [0.2, 0.25) is 25.1 Å². The topological polar surface area (TPSA) is 66.5 Å². The number of benzene rings is 2. The average molecular weight is 517 g/mol. The predicted octanol–water partition coefficient (Wildman–Crippen LogP) is 5.99. The average Bonchev–Trinajstić information content (AvgIpc) is 2.68. The second kappa shape index (κ2) is 9.18. The van der Waals surface area contributed by atoms with Crippen LogP contribution in [0.25, 0.3) is 0 Å². The van der Waals surface area contributed by atoms with Crippen LogP contribution in [0, 0.1) is 5.92 Å². The van der Waals surface area contributed by atoms with Crippen LogP contribution in [0.15, 0.2) is 35.2 Å². The van der Waals surface area contributed by atoms with Crippen molar-refractivity contribution < 1.29 is 13.2 Å². The van der Waals surface area contributed by atoms with Gasteiger partial charge in [-0.05, 0) is 43.2 Å². The van der Waals surface area contributed by atoms with Crippen molar-refractivity contribution in [3.8, 4) is 0 Å². The van der Waals surface area contributed by atoms with E-state index in [0.717, 1.165) is 0 Å². The number of carbonyl (C=O) groups excluding carboxylic acids is 1. The van der Waals surface area contributed by atoms with Crippen molar-refractivity contribution >= 4 is 79.6 Å². The fourth-order valence-corrected chi connectivity index (χ4v) is 5.90. The van der Waals surface area contributed by atoms with Gasteiger partial charge in [-0.15, -0.1) is 0 Å². The molecule has 0 radical (unpaired) electrons. The van der Waals surface area contributed by atoms with Crippen LogP contribution in [-0.4, -0.2) is 31.7 Å². The van der Waals surface area contributed by atoms with Crippen LogP contribution in [0.4, 0.5) is 5.69 Å². The summed E-state index contributed by atoms with van der Waals surface area (Å²) in [6.45, 7) is 0.290. The van der Waals surface area contributed by atoms with E-state index in [1.165, 1.54) is 34.6 Å². The number of nitrogens with zero attached hydrogens (tertiary/aromatic N) is 1. The molecular weight excluding hydrogens is 502 g/mol. The Morgan fingerprint density at radius 3 is 2.38 bits per heavy atom. The molecule has 29 heavy (non-hydrogen) atoms. The minimum Gasteiger partial charge on any atom is -0.324 e. The van der Waals surface area contributed by atoms with E-state index in [-0.39, 0.29) is 49.0 Å². The first-order valence-corrected chi connectivity index (χ1v) is 11.8. The van der Waals surface area contributed by atoms with Crippen molar-refractivity contribution in [2.45, 2.75) is 17.7 Å². The summed E-state index contributed by atoms with van der Waals surface area (Å²) in [7, 11) is -3.90. The van der Waals surface area contributed by atoms with Gasteiger partial charge in [0.2, 0.25) is 15.9 Å². The summed E-state index contributed by atoms with van der Waals surface area (Å²) < 4.78 is 27.3. The lowest BCUT2D eigenvalue weighted by atomic mass is 9.98. The Bertz CT molecular complexity index is 1060. The molecule has 0 aliphatic carbocycles. The zero-order chi connectivity index (χ0) is 21.3. The number of sulfonamides is 1. The van der Waals surface area contributed by atoms with E-state index in [9.17, 15) is 13.2 Å². The van der Waals surface area contributed by atoms with Crippen LogP contribution in [0.1, 0.15) is 12.8 Å². The summed E-state index contributed by atoms with van der Waals surface area (Å²) in [6.07, 6.45) is 1.05. The molecule has 0 unspecified atom stereocenters. The summed E-state index contributed by atoms with van der Waals surface area (Å²) in [5, 5.41) is 3.78. The van der Waals surface area contributed by atoms with Crippen molar-refractivity contribution in [3.63, 3.8) is 0 Å². The maximum atomic E-state index is 13.0. The van der Waals surface area contributed by atoms with E-state index in [0.29, 0.717) is 18.5 Å². The molecule has 11 heteroatoms. The molecule has 1 aliphatic heterocycles. The molecule has 1 N–H and O–H groups in total. The summed E-state index contributed by atoms with van der Waals surface area (Å²) in [5.74, 6) is -0.926. The quantitative estimate of drug-likeness (QED) is 0.508. The largest absolute Gasteiger partial charge is 0.324 e. The third-order valence-corrected chi connectivity index (χ3v) is 8.15. The fraction of sp³-hybridized carbons (Fsp3) is 0.278. The highest BCUT2D eigenvalue weighted by atomic mass is 35.5. The molecule has 2 aromatic carbocycles. The molecule has 0 spiro atoms. The molecule has 1 aliphatic rings. The molecule has 5 nitrogen and oxygen atoms in total. The van der Waals surface area contributed by atoms with Gasteiger partial charge in [-0.25, -0.2) is 8.42 Å². The van der Waals surface area contributed by atoms with Gasteiger partial charge in [-0.1, -0.05) is 58.0 Å². The van der Waals surface area contributed by atoms with E-state index >= 15 is 0 Å². The number of piperidine rings is 1. The van der Waals surface area contributed by atoms with Gasteiger partial charge in [0.15, 0.2) is 0 Å². The molecule has 1 atom stereocenters. The van der Waals surface area contributed by atoms with Gasteiger partial charge in [-0.3, -0.25) is 4.79 Å². The van der Waals surface area contributed by atoms with E-state index in [2.05, 4.69) is 5.32 Å². The van der Waals surface area contributed by atoms with E-state index in [1.807, 2.05) is 0 Å². The van der Waals surface area contributed by atoms with Crippen molar-refractivity contribution in [2.24, 2.45) is 5.92 Å². The maximum absolute atomic E-state index is 13.0. The Balaban J connectivity index is 1.79. The third kappa shape index (κ3) is 5.13. The first-order chi connectivity index (χ1) is 13.6. The van der Waals surface area contributed by atoms with Crippen molar-refractivity contribution in [1.29, 1.82) is 0 Å². The van der Waals surface area contributed by atoms with Crippen LogP contribution < -0.4 is 5.32 Å². The van der Waals surface area contributed by atoms with E-state index in [1.54, 1.807) is 0 Å². The highest BCUT2D eigenvalue weighted by molar-refractivity contribution is 7.89. The number of anilines is 1. The van der Waals surface area contributed by atoms with Crippen LogP contribution >= 0.6 is 58.0 Å². The third-order valence-electron chi connectivity index (χ3n) is 4.53. The normalized spacial score (nSPS) is 17.9. The van der Waals surface area contributed by atoms with Gasteiger partial charge in [0.1, 0.15) is 4.90 Å². The maximum Gasteiger partial charge on any atom is 0.244 e. The van der Waals surface area contributed by atoms with E-state index in [4.69, 9.17) is 58.0 Å². The van der Waals surface area contributed by atoms with Crippen LogP contribution in [0.5, 0.6) is 0 Å². The lowest BCUT2D eigenvalue weighted by molar-refractivity contribution is -0.120. The summed E-state index contributed by atoms with van der Waals surface area (Å²) in [4.78, 5) is 12.6. The molecule has 1 fully saturated rings. The molecular formula is C18H15Cl5N2O3S. The lowest BCUT2D eigenvalue weighted by Crippen LogP contribution is -2.43. The number of hydrogen-bond donors (Lipinski definition) is 1. The molecule has 2 aromatic rings. The summed E-state index contributed by atoms with van der Waals surface area (Å²) >= 11 is 30.0. The highest BCUT2D eigenvalue weighted by Crippen LogP contribution is 2.34. The van der Waals surface area contributed by atoms with E-state index < -0.39 is 15.9 Å². The second-order valence-electron chi connectivity index (χ2n) is 6.51. The van der Waals surface area contributed by atoms with Crippen LogP contribution in [-0.2, 0) is 14.8 Å². The summed E-state index contributed by atoms with van der Waals surface area (Å²) in [6, 6.07) is 7.12. The van der Waals surface area contributed by atoms with Crippen molar-refractivity contribution in [3.05, 3.63) is 55.4 Å². The molecule has 1 amide bonds. The van der Waals surface area contributed by atoms with Gasteiger partial charge in [0, 0.05) is 18.1 Å². The summed E-state index contributed by atoms with van der Waals surface area (Å²) in [5.41, 5.74) is 0.309. The Kier molecular flexibility index (Phi) is 7.27. The number of nitrogens with one attached hydrogen (secondary N) is 1. The molecule has 0 aromatic heterocycles. The smallest absolute Gasteiger partial charge is 0.244 e. The highest BCUT2D eigenvalue weighted by Gasteiger charge is 2.34. The van der Waals surface area contributed by atoms with Gasteiger partial charge in [0.05, 0.1) is 31.7 Å². The van der Waals surface area contributed by atoms with Gasteiger partial charge in [0.25, 0.3) is 0 Å². The van der Waals surface area contributed by atoms with Crippen LogP contribution in [0.3, 0.4) is 0 Å². The molecule has 1 heterocycles. The Hall–Kier alpha value is -0.730. The molecule has 0 bridgehead atoms. The minimum absolute atomic E-state index is 0.00987. The first kappa shape index (κ1) is 22.9. The Labute approximate surface area is 193 Å². The fourth-order valence-electron chi connectivity index (χ4n) is 3.04. The van der Waals surface area contributed by atoms with Gasteiger partial charge >= 0.3 is 0 Å². The molecule has 3 rings (SSSR count). The lowest BCUT2D eigenvalue weighted by Gasteiger charge is -2.31. The number of halogens is 5.